The van der Waals surface area contributed by atoms with Gasteiger partial charge in [-0.15, -0.1) is 0 Å². The molecule has 1 aromatic carbocycles. The van der Waals surface area contributed by atoms with Gasteiger partial charge in [-0.2, -0.15) is 0 Å². The molecule has 19 heavy (non-hydrogen) atoms. The van der Waals surface area contributed by atoms with Crippen molar-refractivity contribution in [3.63, 3.8) is 0 Å². The van der Waals surface area contributed by atoms with Crippen molar-refractivity contribution in [2.45, 2.75) is 25.4 Å². The Morgan fingerprint density at radius 1 is 1.32 bits per heavy atom. The summed E-state index contributed by atoms with van der Waals surface area (Å²) < 4.78 is 8.58. The van der Waals surface area contributed by atoms with Crippen molar-refractivity contribution < 1.29 is 4.74 Å². The molecule has 1 atom stereocenters. The summed E-state index contributed by atoms with van der Waals surface area (Å²) in [5, 5.41) is 0. The fourth-order valence-electron chi connectivity index (χ4n) is 2.43. The van der Waals surface area contributed by atoms with Gasteiger partial charge in [0.05, 0.1) is 6.61 Å². The molecule has 4 heteroatoms. The molecule has 1 heterocycles. The van der Waals surface area contributed by atoms with Crippen LogP contribution in [0.25, 0.3) is 0 Å². The monoisotopic (exact) mass is 280 g/mol. The third-order valence-corrected chi connectivity index (χ3v) is 4.91. The second kappa shape index (κ2) is 7.29. The summed E-state index contributed by atoms with van der Waals surface area (Å²) in [4.78, 5) is 0. The zero-order valence-electron chi connectivity index (χ0n) is 11.7. The Morgan fingerprint density at radius 2 is 2.11 bits per heavy atom. The first-order chi connectivity index (χ1) is 9.30. The average Bonchev–Trinajstić information content (AvgIpc) is 2.69. The molecule has 1 fully saturated rings. The van der Waals surface area contributed by atoms with Crippen LogP contribution in [0.2, 0.25) is 0 Å². The molecule has 3 nitrogen and oxygen atoms in total. The lowest BCUT2D eigenvalue weighted by molar-refractivity contribution is -0.0357. The first kappa shape index (κ1) is 14.9. The van der Waals surface area contributed by atoms with Crippen LogP contribution in [-0.4, -0.2) is 36.3 Å². The highest BCUT2D eigenvalue weighted by Crippen LogP contribution is 2.32. The van der Waals surface area contributed by atoms with Gasteiger partial charge in [-0.1, -0.05) is 49.2 Å². The van der Waals surface area contributed by atoms with Crippen LogP contribution >= 0.6 is 11.9 Å². The van der Waals surface area contributed by atoms with Gasteiger partial charge in [0, 0.05) is 25.4 Å². The summed E-state index contributed by atoms with van der Waals surface area (Å²) in [5.74, 6) is 1.18. The Morgan fingerprint density at radius 3 is 2.79 bits per heavy atom. The summed E-state index contributed by atoms with van der Waals surface area (Å²) >= 11 is 1.93. The van der Waals surface area contributed by atoms with E-state index in [0.29, 0.717) is 6.54 Å². The molecule has 1 saturated heterocycles. The summed E-state index contributed by atoms with van der Waals surface area (Å²) in [6.45, 7) is 5.54. The lowest BCUT2D eigenvalue weighted by Crippen LogP contribution is -2.38. The van der Waals surface area contributed by atoms with Gasteiger partial charge in [0.15, 0.2) is 0 Å². The van der Waals surface area contributed by atoms with Gasteiger partial charge in [0.25, 0.3) is 0 Å². The van der Waals surface area contributed by atoms with E-state index in [1.165, 1.54) is 17.7 Å². The van der Waals surface area contributed by atoms with E-state index in [9.17, 15) is 0 Å². The van der Waals surface area contributed by atoms with Crippen molar-refractivity contribution in [3.8, 4) is 0 Å². The zero-order chi connectivity index (χ0) is 13.6. The van der Waals surface area contributed by atoms with E-state index in [1.807, 2.05) is 18.0 Å². The Bertz CT molecular complexity index is 374. The maximum absolute atomic E-state index is 6.16. The maximum Gasteiger partial charge on any atom is 0.107 e. The van der Waals surface area contributed by atoms with E-state index in [1.54, 1.807) is 0 Å². The Labute approximate surface area is 120 Å². The van der Waals surface area contributed by atoms with E-state index >= 15 is 0 Å². The minimum atomic E-state index is -0.303. The molecule has 2 rings (SSSR count). The third kappa shape index (κ3) is 3.72. The van der Waals surface area contributed by atoms with Gasteiger partial charge >= 0.3 is 0 Å². The SMILES string of the molecule is CCCSN1CCOC(CN)(c2ccccc2)CC1. The molecular formula is C15H24N2OS. The second-order valence-corrected chi connectivity index (χ2v) is 6.11. The third-order valence-electron chi connectivity index (χ3n) is 3.59. The van der Waals surface area contributed by atoms with E-state index in [2.05, 4.69) is 35.5 Å². The smallest absolute Gasteiger partial charge is 0.107 e. The van der Waals surface area contributed by atoms with Crippen molar-refractivity contribution in [1.82, 2.24) is 4.31 Å². The van der Waals surface area contributed by atoms with Crippen molar-refractivity contribution in [1.29, 1.82) is 0 Å². The largest absolute Gasteiger partial charge is 0.368 e. The number of nitrogens with zero attached hydrogens (tertiary/aromatic N) is 1. The van der Waals surface area contributed by atoms with Crippen LogP contribution in [0, 0.1) is 0 Å². The van der Waals surface area contributed by atoms with Crippen LogP contribution in [0.15, 0.2) is 30.3 Å². The predicted octanol–water partition coefficient (Wildman–Crippen LogP) is 2.62. The maximum atomic E-state index is 6.16. The number of hydrogen-bond donors (Lipinski definition) is 1. The topological polar surface area (TPSA) is 38.5 Å². The molecule has 1 aliphatic heterocycles. The summed E-state index contributed by atoms with van der Waals surface area (Å²) in [6, 6.07) is 10.4. The van der Waals surface area contributed by atoms with Crippen LogP contribution < -0.4 is 5.73 Å². The molecule has 1 aliphatic rings. The second-order valence-electron chi connectivity index (χ2n) is 4.93. The molecule has 0 saturated carbocycles. The summed E-state index contributed by atoms with van der Waals surface area (Å²) in [7, 11) is 0. The minimum absolute atomic E-state index is 0.303. The Hall–Kier alpha value is -0.550. The molecule has 0 bridgehead atoms. The molecule has 2 N–H and O–H groups in total. The number of hydrogen-bond acceptors (Lipinski definition) is 4. The van der Waals surface area contributed by atoms with Crippen LogP contribution in [0.1, 0.15) is 25.3 Å². The van der Waals surface area contributed by atoms with Crippen molar-refractivity contribution >= 4 is 11.9 Å². The molecule has 0 radical (unpaired) electrons. The number of benzene rings is 1. The summed E-state index contributed by atoms with van der Waals surface area (Å²) in [6.07, 6.45) is 2.17. The number of nitrogens with two attached hydrogens (primary N) is 1. The van der Waals surface area contributed by atoms with Crippen molar-refractivity contribution in [3.05, 3.63) is 35.9 Å². The fraction of sp³-hybridized carbons (Fsp3) is 0.600. The fourth-order valence-corrected chi connectivity index (χ4v) is 3.29. The van der Waals surface area contributed by atoms with Crippen LogP contribution in [0.5, 0.6) is 0 Å². The molecule has 0 spiro atoms. The van der Waals surface area contributed by atoms with Gasteiger partial charge < -0.3 is 10.5 Å². The normalized spacial score (nSPS) is 25.2. The quantitative estimate of drug-likeness (QED) is 0.842. The zero-order valence-corrected chi connectivity index (χ0v) is 12.5. The summed E-state index contributed by atoms with van der Waals surface area (Å²) in [5.41, 5.74) is 6.94. The molecule has 1 aromatic rings. The Balaban J connectivity index is 2.06. The highest BCUT2D eigenvalue weighted by molar-refractivity contribution is 7.97. The van der Waals surface area contributed by atoms with E-state index in [0.717, 1.165) is 26.1 Å². The molecule has 0 aromatic heterocycles. The van der Waals surface area contributed by atoms with E-state index in [4.69, 9.17) is 10.5 Å². The highest BCUT2D eigenvalue weighted by atomic mass is 32.2. The number of rotatable bonds is 5. The van der Waals surface area contributed by atoms with E-state index in [-0.39, 0.29) is 5.60 Å². The first-order valence-electron chi connectivity index (χ1n) is 7.08. The van der Waals surface area contributed by atoms with Gasteiger partial charge in [-0.25, -0.2) is 4.31 Å². The van der Waals surface area contributed by atoms with Gasteiger partial charge in [0.1, 0.15) is 5.60 Å². The minimum Gasteiger partial charge on any atom is -0.368 e. The van der Waals surface area contributed by atoms with Crippen molar-refractivity contribution in [2.75, 3.05) is 32.0 Å². The lowest BCUT2D eigenvalue weighted by Gasteiger charge is -2.31. The molecule has 1 unspecified atom stereocenters. The van der Waals surface area contributed by atoms with Gasteiger partial charge in [-0.05, 0) is 18.4 Å². The number of ether oxygens (including phenoxy) is 1. The highest BCUT2D eigenvalue weighted by Gasteiger charge is 2.34. The van der Waals surface area contributed by atoms with Crippen LogP contribution in [-0.2, 0) is 10.3 Å². The van der Waals surface area contributed by atoms with Gasteiger partial charge in [0.2, 0.25) is 0 Å². The molecule has 106 valence electrons. The molecular weight excluding hydrogens is 256 g/mol. The van der Waals surface area contributed by atoms with Crippen molar-refractivity contribution in [2.24, 2.45) is 5.73 Å². The lowest BCUT2D eigenvalue weighted by atomic mass is 9.90. The molecule has 0 aliphatic carbocycles. The Kier molecular flexibility index (Phi) is 5.70. The van der Waals surface area contributed by atoms with Crippen LogP contribution in [0.3, 0.4) is 0 Å². The van der Waals surface area contributed by atoms with E-state index < -0.39 is 0 Å². The first-order valence-corrected chi connectivity index (χ1v) is 8.02. The predicted molar refractivity (Wildman–Crippen MR) is 82.1 cm³/mol. The standard InChI is InChI=1S/C15H24N2OS/c1-2-12-19-17-9-8-15(13-16,18-11-10-17)14-6-4-3-5-7-14/h3-7H,2,8-13,16H2,1H3. The van der Waals surface area contributed by atoms with Gasteiger partial charge in [-0.3, -0.25) is 0 Å². The average molecular weight is 280 g/mol. The van der Waals surface area contributed by atoms with Crippen LogP contribution in [0.4, 0.5) is 0 Å². The molecule has 0 amide bonds.